The van der Waals surface area contributed by atoms with Gasteiger partial charge in [0.2, 0.25) is 0 Å². The summed E-state index contributed by atoms with van der Waals surface area (Å²) in [6.07, 6.45) is 11.7. The van der Waals surface area contributed by atoms with E-state index in [0.29, 0.717) is 21.8 Å². The summed E-state index contributed by atoms with van der Waals surface area (Å²) in [4.78, 5) is 0. The van der Waals surface area contributed by atoms with Crippen LogP contribution < -0.4 is 0 Å². The number of hydrogen-bond acceptors (Lipinski definition) is 3. The van der Waals surface area contributed by atoms with Crippen molar-refractivity contribution in [2.24, 2.45) is 23.2 Å². The number of rotatable bonds is 0. The maximum absolute atomic E-state index is 11.3. The second-order valence-electron chi connectivity index (χ2n) is 7.55. The van der Waals surface area contributed by atoms with Gasteiger partial charge in [0.05, 0.1) is 10.2 Å². The first-order valence-electron chi connectivity index (χ1n) is 8.36. The number of aliphatic hydroxyl groups excluding tert-OH is 1. The molecule has 21 heavy (non-hydrogen) atoms. The molecule has 5 atom stereocenters. The molecule has 1 aliphatic heterocycles. The monoisotopic (exact) mass is 322 g/mol. The Hall–Kier alpha value is 0.140. The van der Waals surface area contributed by atoms with Crippen LogP contribution in [0.4, 0.5) is 0 Å². The van der Waals surface area contributed by atoms with E-state index in [1.165, 1.54) is 29.9 Å². The molecule has 2 fully saturated rings. The second kappa shape index (κ2) is 5.07. The smallest absolute Gasteiger partial charge is 0.0649 e. The topological polar surface area (TPSA) is 20.2 Å². The average Bonchev–Trinajstić information content (AvgIpc) is 3.18. The lowest BCUT2D eigenvalue weighted by Crippen LogP contribution is -2.46. The minimum absolute atomic E-state index is 0.108. The zero-order valence-electron chi connectivity index (χ0n) is 13.0. The Balaban J connectivity index is 1.75. The Morgan fingerprint density at radius 1 is 1.19 bits per heavy atom. The van der Waals surface area contributed by atoms with Crippen LogP contribution in [-0.4, -0.2) is 26.8 Å². The minimum atomic E-state index is -0.146. The van der Waals surface area contributed by atoms with Crippen molar-refractivity contribution >= 4 is 23.5 Å². The predicted molar refractivity (Wildman–Crippen MR) is 93.6 cm³/mol. The van der Waals surface area contributed by atoms with Crippen LogP contribution in [0.1, 0.15) is 39.5 Å². The fraction of sp³-hybridized carbons (Fsp3) is 0.778. The van der Waals surface area contributed by atoms with Crippen LogP contribution in [0, 0.1) is 23.2 Å². The summed E-state index contributed by atoms with van der Waals surface area (Å²) >= 11 is 4.38. The lowest BCUT2D eigenvalue weighted by Gasteiger charge is -2.46. The maximum Gasteiger partial charge on any atom is 0.0649 e. The van der Waals surface area contributed by atoms with Gasteiger partial charge in [-0.25, -0.2) is 0 Å². The Labute approximate surface area is 137 Å². The van der Waals surface area contributed by atoms with E-state index < -0.39 is 0 Å². The van der Waals surface area contributed by atoms with E-state index in [1.54, 1.807) is 0 Å². The molecule has 1 saturated heterocycles. The van der Waals surface area contributed by atoms with Crippen molar-refractivity contribution in [3.05, 3.63) is 23.8 Å². The Kier molecular flexibility index (Phi) is 3.55. The molecule has 1 spiro atoms. The van der Waals surface area contributed by atoms with Gasteiger partial charge >= 0.3 is 0 Å². The molecule has 0 aromatic rings. The van der Waals surface area contributed by atoms with Crippen molar-refractivity contribution in [2.45, 2.75) is 49.7 Å². The number of allylic oxidation sites excluding steroid dienone is 4. The molecule has 4 aliphatic rings. The van der Waals surface area contributed by atoms with E-state index >= 15 is 0 Å². The fourth-order valence-corrected chi connectivity index (χ4v) is 9.15. The van der Waals surface area contributed by atoms with Crippen LogP contribution in [0.15, 0.2) is 23.8 Å². The quantitative estimate of drug-likeness (QED) is 0.664. The van der Waals surface area contributed by atoms with Gasteiger partial charge in [0.1, 0.15) is 0 Å². The Bertz CT molecular complexity index is 491. The molecular weight excluding hydrogens is 296 g/mol. The van der Waals surface area contributed by atoms with Gasteiger partial charge in [0.15, 0.2) is 0 Å². The minimum Gasteiger partial charge on any atom is -0.392 e. The molecule has 1 nitrogen and oxygen atoms in total. The second-order valence-corrected chi connectivity index (χ2v) is 10.7. The molecule has 0 unspecified atom stereocenters. The van der Waals surface area contributed by atoms with Crippen LogP contribution in [0.5, 0.6) is 0 Å². The standard InChI is InChI=1S/C18H26OS2/c1-12-6-7-15-17(2,8-9-18(15)20-10-11-21-18)16(19)14-5-3-4-13(12)14/h3-4,6,13-16,19H,5,7-11H2,1-2H3/b12-6-/t13-,14-,15+,16-,17+/m1/s1. The molecule has 3 aliphatic carbocycles. The molecular formula is C18H26OS2. The van der Waals surface area contributed by atoms with Gasteiger partial charge in [-0.3, -0.25) is 0 Å². The van der Waals surface area contributed by atoms with E-state index in [4.69, 9.17) is 0 Å². The zero-order valence-corrected chi connectivity index (χ0v) is 14.7. The van der Waals surface area contributed by atoms with E-state index in [1.807, 2.05) is 0 Å². The SMILES string of the molecule is C/C1=C/C[C@@H]2C3(CC[C@]2(C)[C@H](O)[C@@H]2CC=C[C@H]12)SCCS3. The summed E-state index contributed by atoms with van der Waals surface area (Å²) in [5, 5.41) is 11.3. The van der Waals surface area contributed by atoms with Crippen molar-refractivity contribution in [2.75, 3.05) is 11.5 Å². The van der Waals surface area contributed by atoms with E-state index in [9.17, 15) is 5.11 Å². The molecule has 0 aromatic carbocycles. The molecule has 0 aromatic heterocycles. The average molecular weight is 323 g/mol. The third kappa shape index (κ3) is 2.03. The molecule has 0 amide bonds. The summed E-state index contributed by atoms with van der Waals surface area (Å²) in [7, 11) is 0. The Morgan fingerprint density at radius 2 is 1.95 bits per heavy atom. The highest BCUT2D eigenvalue weighted by Crippen LogP contribution is 2.67. The van der Waals surface area contributed by atoms with Gasteiger partial charge in [-0.05, 0) is 49.9 Å². The largest absolute Gasteiger partial charge is 0.392 e. The van der Waals surface area contributed by atoms with Crippen molar-refractivity contribution in [3.63, 3.8) is 0 Å². The summed E-state index contributed by atoms with van der Waals surface area (Å²) in [5.41, 5.74) is 1.60. The molecule has 0 radical (unpaired) electrons. The van der Waals surface area contributed by atoms with E-state index in [0.717, 1.165) is 12.8 Å². The van der Waals surface area contributed by atoms with Crippen molar-refractivity contribution < 1.29 is 5.11 Å². The summed E-state index contributed by atoms with van der Waals surface area (Å²) in [6, 6.07) is 0. The normalized spacial score (nSPS) is 50.3. The molecule has 4 rings (SSSR count). The lowest BCUT2D eigenvalue weighted by atomic mass is 9.65. The first-order valence-corrected chi connectivity index (χ1v) is 10.3. The highest BCUT2D eigenvalue weighted by Gasteiger charge is 2.60. The first kappa shape index (κ1) is 14.7. The predicted octanol–water partition coefficient (Wildman–Crippen LogP) is 4.48. The molecule has 3 heteroatoms. The number of thioether (sulfide) groups is 2. The number of fused-ring (bicyclic) bond motifs is 3. The van der Waals surface area contributed by atoms with Gasteiger partial charge in [0.25, 0.3) is 0 Å². The van der Waals surface area contributed by atoms with E-state index in [2.05, 4.69) is 55.6 Å². The maximum atomic E-state index is 11.3. The van der Waals surface area contributed by atoms with Gasteiger partial charge in [-0.1, -0.05) is 30.7 Å². The number of hydrogen-bond donors (Lipinski definition) is 1. The van der Waals surface area contributed by atoms with Crippen LogP contribution in [0.2, 0.25) is 0 Å². The third-order valence-corrected chi connectivity index (χ3v) is 10.3. The van der Waals surface area contributed by atoms with Gasteiger partial charge in [0, 0.05) is 17.4 Å². The van der Waals surface area contributed by atoms with Gasteiger partial charge < -0.3 is 5.11 Å². The van der Waals surface area contributed by atoms with E-state index in [-0.39, 0.29) is 11.5 Å². The van der Waals surface area contributed by atoms with Crippen LogP contribution >= 0.6 is 23.5 Å². The summed E-state index contributed by atoms with van der Waals surface area (Å²) in [6.45, 7) is 4.67. The molecule has 1 heterocycles. The fourth-order valence-electron chi connectivity index (χ4n) is 5.33. The number of aliphatic hydroxyl groups is 1. The highest BCUT2D eigenvalue weighted by atomic mass is 32.2. The summed E-state index contributed by atoms with van der Waals surface area (Å²) in [5.74, 6) is 4.13. The van der Waals surface area contributed by atoms with Crippen molar-refractivity contribution in [3.8, 4) is 0 Å². The Morgan fingerprint density at radius 3 is 2.71 bits per heavy atom. The van der Waals surface area contributed by atoms with Crippen molar-refractivity contribution in [1.29, 1.82) is 0 Å². The van der Waals surface area contributed by atoms with Gasteiger partial charge in [-0.2, -0.15) is 0 Å². The molecule has 0 bridgehead atoms. The zero-order chi connectivity index (χ0) is 14.7. The molecule has 116 valence electrons. The lowest BCUT2D eigenvalue weighted by molar-refractivity contribution is -0.0395. The van der Waals surface area contributed by atoms with Crippen LogP contribution in [-0.2, 0) is 0 Å². The molecule has 1 saturated carbocycles. The van der Waals surface area contributed by atoms with Gasteiger partial charge in [-0.15, -0.1) is 23.5 Å². The molecule has 1 N–H and O–H groups in total. The first-order chi connectivity index (χ1) is 10.1. The summed E-state index contributed by atoms with van der Waals surface area (Å²) < 4.78 is 0.394. The van der Waals surface area contributed by atoms with Crippen LogP contribution in [0.3, 0.4) is 0 Å². The third-order valence-electron chi connectivity index (χ3n) is 6.61. The van der Waals surface area contributed by atoms with Crippen LogP contribution in [0.25, 0.3) is 0 Å². The highest BCUT2D eigenvalue weighted by molar-refractivity contribution is 8.21. The van der Waals surface area contributed by atoms with Crippen molar-refractivity contribution in [1.82, 2.24) is 0 Å².